The molecule has 2 amide bonds. The quantitative estimate of drug-likeness (QED) is 0.633. The minimum Gasteiger partial charge on any atom is -0.333 e. The molecule has 1 aromatic carbocycles. The van der Waals surface area contributed by atoms with Crippen molar-refractivity contribution in [3.63, 3.8) is 0 Å². The number of nitrogens with zero attached hydrogens (tertiary/aromatic N) is 1. The summed E-state index contributed by atoms with van der Waals surface area (Å²) in [5.41, 5.74) is 0.802. The van der Waals surface area contributed by atoms with Gasteiger partial charge in [0.2, 0.25) is 0 Å². The van der Waals surface area contributed by atoms with E-state index in [-0.39, 0.29) is 30.8 Å². The van der Waals surface area contributed by atoms with Crippen LogP contribution < -0.4 is 15.5 Å². The van der Waals surface area contributed by atoms with E-state index in [9.17, 15) is 14.9 Å². The molecule has 0 aliphatic carbocycles. The van der Waals surface area contributed by atoms with E-state index in [0.717, 1.165) is 20.6 Å². The van der Waals surface area contributed by atoms with Gasteiger partial charge in [-0.2, -0.15) is 5.26 Å². The van der Waals surface area contributed by atoms with Crippen molar-refractivity contribution in [2.24, 2.45) is 5.92 Å². The third kappa shape index (κ3) is 6.48. The van der Waals surface area contributed by atoms with E-state index in [1.807, 2.05) is 39.0 Å². The highest BCUT2D eigenvalue weighted by atomic mass is 79.9. The first-order valence-corrected chi connectivity index (χ1v) is 8.96. The largest absolute Gasteiger partial charge is 0.333 e. The summed E-state index contributed by atoms with van der Waals surface area (Å²) in [7, 11) is 1.77. The first kappa shape index (κ1) is 21.1. The monoisotopic (exact) mass is 409 g/mol. The highest BCUT2D eigenvalue weighted by Gasteiger charge is 2.31. The molecule has 25 heavy (non-hydrogen) atoms. The zero-order chi connectivity index (χ0) is 19.2. The average Bonchev–Trinajstić information content (AvgIpc) is 2.49. The molecule has 0 aliphatic rings. The van der Waals surface area contributed by atoms with E-state index in [0.29, 0.717) is 0 Å². The number of hydrogen-bond acceptors (Lipinski definition) is 3. The van der Waals surface area contributed by atoms with Gasteiger partial charge in [0, 0.05) is 10.2 Å². The minimum absolute atomic E-state index is 0.00886. The van der Waals surface area contributed by atoms with Gasteiger partial charge in [0.15, 0.2) is 13.1 Å². The highest BCUT2D eigenvalue weighted by molar-refractivity contribution is 9.10. The second kappa shape index (κ2) is 8.97. The number of hydrogen-bond donors (Lipinski definition) is 3. The Hall–Kier alpha value is -1.91. The molecule has 1 unspecified atom stereocenters. The molecule has 0 bridgehead atoms. The molecule has 0 radical (unpaired) electrons. The maximum absolute atomic E-state index is 12.2. The molecular weight excluding hydrogens is 384 g/mol. The van der Waals surface area contributed by atoms with Crippen LogP contribution in [0.2, 0.25) is 0 Å². The second-order valence-corrected chi connectivity index (χ2v) is 7.75. The van der Waals surface area contributed by atoms with E-state index in [2.05, 4.69) is 32.6 Å². The van der Waals surface area contributed by atoms with Crippen LogP contribution in [0.15, 0.2) is 22.7 Å². The fourth-order valence-electron chi connectivity index (χ4n) is 2.21. The number of nitrogens with one attached hydrogen (secondary N) is 3. The van der Waals surface area contributed by atoms with E-state index in [4.69, 9.17) is 0 Å². The smallest absolute Gasteiger partial charge is 0.279 e. The van der Waals surface area contributed by atoms with Crippen LogP contribution in [0.4, 0.5) is 5.69 Å². The third-order valence-electron chi connectivity index (χ3n) is 4.17. The maximum atomic E-state index is 12.2. The molecule has 1 rings (SSSR count). The summed E-state index contributed by atoms with van der Waals surface area (Å²) in [6.07, 6.45) is 0. The fraction of sp³-hybridized carbons (Fsp3) is 0.500. The Morgan fingerprint density at radius 3 is 2.44 bits per heavy atom. The number of carbonyl (C=O) groups excluding carboxylic acids is 2. The van der Waals surface area contributed by atoms with E-state index in [1.165, 1.54) is 0 Å². The topological polar surface area (TPSA) is 86.4 Å². The summed E-state index contributed by atoms with van der Waals surface area (Å²) in [5, 5.41) is 14.9. The predicted molar refractivity (Wildman–Crippen MR) is 101 cm³/mol. The van der Waals surface area contributed by atoms with Crippen LogP contribution >= 0.6 is 15.9 Å². The van der Waals surface area contributed by atoms with Crippen LogP contribution in [0.5, 0.6) is 0 Å². The molecule has 0 saturated carbocycles. The van der Waals surface area contributed by atoms with Crippen molar-refractivity contribution < 1.29 is 14.5 Å². The van der Waals surface area contributed by atoms with Gasteiger partial charge in [-0.3, -0.25) is 9.59 Å². The van der Waals surface area contributed by atoms with E-state index < -0.39 is 5.54 Å². The Balaban J connectivity index is 2.55. The lowest BCUT2D eigenvalue weighted by molar-refractivity contribution is -0.862. The molecule has 0 saturated heterocycles. The molecule has 0 fully saturated rings. The molecule has 7 heteroatoms. The molecule has 136 valence electrons. The second-order valence-electron chi connectivity index (χ2n) is 6.84. The number of carbonyl (C=O) groups is 2. The van der Waals surface area contributed by atoms with Crippen molar-refractivity contribution in [1.82, 2.24) is 5.32 Å². The zero-order valence-electron chi connectivity index (χ0n) is 15.4. The number of quaternary nitrogens is 1. The van der Waals surface area contributed by atoms with Crippen molar-refractivity contribution in [3.8, 4) is 6.07 Å². The summed E-state index contributed by atoms with van der Waals surface area (Å²) >= 11 is 3.39. The van der Waals surface area contributed by atoms with Gasteiger partial charge < -0.3 is 15.5 Å². The number of anilines is 1. The average molecular weight is 410 g/mol. The van der Waals surface area contributed by atoms with Gasteiger partial charge in [0.1, 0.15) is 5.54 Å². The Morgan fingerprint density at radius 2 is 1.92 bits per heavy atom. The van der Waals surface area contributed by atoms with Gasteiger partial charge in [0.25, 0.3) is 11.8 Å². The Bertz CT molecular complexity index is 684. The van der Waals surface area contributed by atoms with Crippen LogP contribution in [0.3, 0.4) is 0 Å². The van der Waals surface area contributed by atoms with Gasteiger partial charge >= 0.3 is 0 Å². The SMILES string of the molecule is Cc1cc(Br)ccc1NC(=O)C[NH+](C)CC(=O)N[C@@](C)(C#N)C(C)C. The minimum atomic E-state index is -0.909. The lowest BCUT2D eigenvalue weighted by Crippen LogP contribution is -3.11. The Morgan fingerprint density at radius 1 is 1.32 bits per heavy atom. The summed E-state index contributed by atoms with van der Waals surface area (Å²) in [5.74, 6) is -0.420. The van der Waals surface area contributed by atoms with Gasteiger partial charge in [-0.15, -0.1) is 0 Å². The number of nitriles is 1. The van der Waals surface area contributed by atoms with Crippen molar-refractivity contribution in [1.29, 1.82) is 5.26 Å². The lowest BCUT2D eigenvalue weighted by atomic mass is 9.90. The molecule has 0 heterocycles. The molecule has 2 atom stereocenters. The maximum Gasteiger partial charge on any atom is 0.279 e. The van der Waals surface area contributed by atoms with Crippen LogP contribution in [0.1, 0.15) is 26.3 Å². The molecule has 0 aliphatic heterocycles. The molecule has 3 N–H and O–H groups in total. The van der Waals surface area contributed by atoms with E-state index in [1.54, 1.807) is 14.0 Å². The van der Waals surface area contributed by atoms with Gasteiger partial charge in [-0.05, 0) is 43.5 Å². The highest BCUT2D eigenvalue weighted by Crippen LogP contribution is 2.19. The number of amides is 2. The van der Waals surface area contributed by atoms with Crippen LogP contribution in [-0.2, 0) is 9.59 Å². The predicted octanol–water partition coefficient (Wildman–Crippen LogP) is 1.27. The number of aryl methyl sites for hydroxylation is 1. The number of likely N-dealkylation sites (N-methyl/N-ethyl adjacent to an activating group) is 1. The summed E-state index contributed by atoms with van der Waals surface area (Å²) < 4.78 is 0.952. The Labute approximate surface area is 157 Å². The number of rotatable bonds is 7. The number of halogens is 1. The van der Waals surface area contributed by atoms with Gasteiger partial charge in [0.05, 0.1) is 13.1 Å². The van der Waals surface area contributed by atoms with Crippen molar-refractivity contribution in [2.75, 3.05) is 25.5 Å². The van der Waals surface area contributed by atoms with Crippen molar-refractivity contribution in [3.05, 3.63) is 28.2 Å². The third-order valence-corrected chi connectivity index (χ3v) is 4.67. The van der Waals surface area contributed by atoms with Crippen molar-refractivity contribution in [2.45, 2.75) is 33.2 Å². The van der Waals surface area contributed by atoms with Crippen LogP contribution in [0, 0.1) is 24.2 Å². The van der Waals surface area contributed by atoms with Gasteiger partial charge in [-0.1, -0.05) is 29.8 Å². The van der Waals surface area contributed by atoms with Gasteiger partial charge in [-0.25, -0.2) is 0 Å². The lowest BCUT2D eigenvalue weighted by Gasteiger charge is -2.27. The van der Waals surface area contributed by atoms with E-state index >= 15 is 0 Å². The van der Waals surface area contributed by atoms with Crippen LogP contribution in [-0.4, -0.2) is 37.5 Å². The number of benzene rings is 1. The first-order valence-electron chi connectivity index (χ1n) is 8.17. The Kier molecular flexibility index (Phi) is 7.59. The molecule has 0 spiro atoms. The zero-order valence-corrected chi connectivity index (χ0v) is 17.0. The first-order chi connectivity index (χ1) is 11.6. The molecule has 1 aromatic rings. The van der Waals surface area contributed by atoms with Crippen molar-refractivity contribution >= 4 is 33.4 Å². The summed E-state index contributed by atoms with van der Waals surface area (Å²) in [6.45, 7) is 7.67. The summed E-state index contributed by atoms with van der Waals surface area (Å²) in [4.78, 5) is 25.1. The molecule has 6 nitrogen and oxygen atoms in total. The summed E-state index contributed by atoms with van der Waals surface area (Å²) in [6, 6.07) is 7.76. The molecule has 0 aromatic heterocycles. The molecular formula is C18H26BrN4O2+. The van der Waals surface area contributed by atoms with Crippen LogP contribution in [0.25, 0.3) is 0 Å². The standard InChI is InChI=1S/C18H25BrN4O2/c1-12(2)18(4,11-20)22-17(25)10-23(5)9-16(24)21-15-7-6-14(19)8-13(15)3/h6-8,12H,9-10H2,1-5H3,(H,21,24)(H,22,25)/p+1/t18-/m0/s1. The fourth-order valence-corrected chi connectivity index (χ4v) is 2.68. The normalized spacial score (nSPS) is 14.3.